The zero-order valence-electron chi connectivity index (χ0n) is 4.66. The Morgan fingerprint density at radius 1 is 1.50 bits per heavy atom. The minimum atomic E-state index is -1.78. The van der Waals surface area contributed by atoms with Crippen LogP contribution in [-0.4, -0.2) is 18.5 Å². The summed E-state index contributed by atoms with van der Waals surface area (Å²) in [5.41, 5.74) is 0. The molecule has 1 aliphatic heterocycles. The highest BCUT2D eigenvalue weighted by atomic mass is 16.6. The van der Waals surface area contributed by atoms with Crippen molar-refractivity contribution >= 4 is 0 Å². The molecular weight excluding hydrogens is 110 g/mol. The normalized spacial score (nSPS) is 34.5. The fraction of sp³-hybridized carbons (Fsp3) is 1.00. The van der Waals surface area contributed by atoms with E-state index < -0.39 is 12.4 Å². The summed E-state index contributed by atoms with van der Waals surface area (Å²) in [7, 11) is 0. The second kappa shape index (κ2) is 2.41. The Hall–Kier alpha value is -0.160. The average molecular weight is 119 g/mol. The van der Waals surface area contributed by atoms with Crippen molar-refractivity contribution in [2.75, 3.05) is 0 Å². The highest BCUT2D eigenvalue weighted by Crippen LogP contribution is 2.20. The molecule has 0 spiro atoms. The zero-order valence-corrected chi connectivity index (χ0v) is 4.66. The lowest BCUT2D eigenvalue weighted by Gasteiger charge is -2.25. The summed E-state index contributed by atoms with van der Waals surface area (Å²) < 4.78 is 4.55. The molecule has 0 aliphatic carbocycles. The van der Waals surface area contributed by atoms with Crippen LogP contribution in [-0.2, 0) is 4.74 Å². The Bertz CT molecular complexity index is 75.7. The Balaban J connectivity index is 0.000000490. The first-order chi connectivity index (χ1) is 3.22. The van der Waals surface area contributed by atoms with Crippen LogP contribution >= 0.6 is 0 Å². The van der Waals surface area contributed by atoms with Gasteiger partial charge >= 0.3 is 0 Å². The van der Waals surface area contributed by atoms with Crippen molar-refractivity contribution in [1.82, 2.24) is 6.15 Å². The third kappa shape index (κ3) is 1.41. The molecule has 0 bridgehead atoms. The van der Waals surface area contributed by atoms with Gasteiger partial charge in [0.15, 0.2) is 0 Å². The highest BCUT2D eigenvalue weighted by Gasteiger charge is 2.30. The van der Waals surface area contributed by atoms with Crippen molar-refractivity contribution in [1.29, 1.82) is 0 Å². The lowest BCUT2D eigenvalue weighted by atomic mass is 10.3. The maximum Gasteiger partial charge on any atom is 0.0788 e. The van der Waals surface area contributed by atoms with E-state index in [0.717, 1.165) is 0 Å². The standard InChI is InChI=1S/C4H6O3.H3N/c1-2-3(7-2)4(5)6;/h2-4H,1H3;1H3/q-2;/t2-,3-;/m0./s1. The summed E-state index contributed by atoms with van der Waals surface area (Å²) in [5.74, 6) is 0. The zero-order chi connectivity index (χ0) is 5.44. The minimum absolute atomic E-state index is 0. The molecule has 0 radical (unpaired) electrons. The molecule has 8 heavy (non-hydrogen) atoms. The summed E-state index contributed by atoms with van der Waals surface area (Å²) in [5, 5.41) is 19.6. The number of hydrogen-bond donors (Lipinski definition) is 1. The van der Waals surface area contributed by atoms with E-state index in [4.69, 9.17) is 0 Å². The Kier molecular flexibility index (Phi) is 2.36. The van der Waals surface area contributed by atoms with Crippen molar-refractivity contribution in [2.24, 2.45) is 0 Å². The smallest absolute Gasteiger partial charge is 0.0788 e. The quantitative estimate of drug-likeness (QED) is 0.318. The van der Waals surface area contributed by atoms with Crippen LogP contribution in [0.4, 0.5) is 0 Å². The summed E-state index contributed by atoms with van der Waals surface area (Å²) in [6.45, 7) is 1.72. The van der Waals surface area contributed by atoms with Crippen LogP contribution in [0, 0.1) is 0 Å². The fourth-order valence-corrected chi connectivity index (χ4v) is 0.488. The van der Waals surface area contributed by atoms with E-state index in [9.17, 15) is 10.2 Å². The summed E-state index contributed by atoms with van der Waals surface area (Å²) in [6.07, 6.45) is -2.41. The molecule has 0 amide bonds. The first-order valence-corrected chi connectivity index (χ1v) is 2.19. The molecule has 1 rings (SSSR count). The Labute approximate surface area is 47.7 Å². The van der Waals surface area contributed by atoms with Crippen LogP contribution in [0.3, 0.4) is 0 Å². The van der Waals surface area contributed by atoms with Crippen LogP contribution in [0.2, 0.25) is 0 Å². The lowest BCUT2D eigenvalue weighted by molar-refractivity contribution is -0.660. The molecule has 0 aromatic rings. The molecule has 1 heterocycles. The molecule has 0 unspecified atom stereocenters. The molecule has 0 aromatic carbocycles. The van der Waals surface area contributed by atoms with Gasteiger partial charge in [0.25, 0.3) is 0 Å². The van der Waals surface area contributed by atoms with Crippen molar-refractivity contribution in [3.05, 3.63) is 0 Å². The van der Waals surface area contributed by atoms with E-state index in [-0.39, 0.29) is 12.3 Å². The predicted molar refractivity (Wildman–Crippen MR) is 23.1 cm³/mol. The van der Waals surface area contributed by atoms with Gasteiger partial charge in [0, 0.05) is 0 Å². The topological polar surface area (TPSA) is 93.6 Å². The molecule has 1 fully saturated rings. The summed E-state index contributed by atoms with van der Waals surface area (Å²) >= 11 is 0. The molecule has 50 valence electrons. The molecule has 1 saturated heterocycles. The first-order valence-electron chi connectivity index (χ1n) is 2.19. The molecule has 0 aromatic heterocycles. The van der Waals surface area contributed by atoms with Crippen molar-refractivity contribution in [3.8, 4) is 0 Å². The minimum Gasteiger partial charge on any atom is -0.864 e. The molecule has 2 atom stereocenters. The monoisotopic (exact) mass is 119 g/mol. The summed E-state index contributed by atoms with van der Waals surface area (Å²) in [4.78, 5) is 0. The SMILES string of the molecule is C[C@@H]1O[C@@H]1C([O-])[O-].N. The van der Waals surface area contributed by atoms with Crippen LogP contribution in [0.15, 0.2) is 0 Å². The van der Waals surface area contributed by atoms with E-state index in [1.807, 2.05) is 0 Å². The third-order valence-corrected chi connectivity index (χ3v) is 1.03. The van der Waals surface area contributed by atoms with Gasteiger partial charge in [0.2, 0.25) is 0 Å². The van der Waals surface area contributed by atoms with Gasteiger partial charge in [-0.3, -0.25) is 0 Å². The van der Waals surface area contributed by atoms with Gasteiger partial charge in [0.1, 0.15) is 0 Å². The maximum absolute atomic E-state index is 9.82. The largest absolute Gasteiger partial charge is 0.864 e. The Morgan fingerprint density at radius 2 is 1.88 bits per heavy atom. The van der Waals surface area contributed by atoms with Gasteiger partial charge in [-0.05, 0) is 6.92 Å². The van der Waals surface area contributed by atoms with E-state index in [1.165, 1.54) is 0 Å². The summed E-state index contributed by atoms with van der Waals surface area (Å²) in [6, 6.07) is 0. The van der Waals surface area contributed by atoms with E-state index in [0.29, 0.717) is 0 Å². The second-order valence-electron chi connectivity index (χ2n) is 1.67. The number of hydrogen-bond acceptors (Lipinski definition) is 4. The van der Waals surface area contributed by atoms with Gasteiger partial charge in [-0.1, -0.05) is 0 Å². The maximum atomic E-state index is 9.82. The molecule has 1 aliphatic rings. The fourth-order valence-electron chi connectivity index (χ4n) is 0.488. The molecule has 4 heteroatoms. The highest BCUT2D eigenvalue weighted by molar-refractivity contribution is 4.80. The average Bonchev–Trinajstić information content (AvgIpc) is 2.17. The molecule has 3 N–H and O–H groups in total. The van der Waals surface area contributed by atoms with Crippen LogP contribution < -0.4 is 16.4 Å². The van der Waals surface area contributed by atoms with Crippen LogP contribution in [0.25, 0.3) is 0 Å². The van der Waals surface area contributed by atoms with Gasteiger partial charge in [-0.2, -0.15) is 6.29 Å². The van der Waals surface area contributed by atoms with Crippen molar-refractivity contribution in [2.45, 2.75) is 25.4 Å². The van der Waals surface area contributed by atoms with Gasteiger partial charge in [-0.25, -0.2) is 0 Å². The molecule has 4 nitrogen and oxygen atoms in total. The molecular formula is C4H9NO3-2. The van der Waals surface area contributed by atoms with E-state index in [2.05, 4.69) is 4.74 Å². The van der Waals surface area contributed by atoms with Gasteiger partial charge < -0.3 is 21.1 Å². The van der Waals surface area contributed by atoms with Crippen molar-refractivity contribution in [3.63, 3.8) is 0 Å². The van der Waals surface area contributed by atoms with E-state index >= 15 is 0 Å². The number of rotatable bonds is 1. The van der Waals surface area contributed by atoms with E-state index in [1.54, 1.807) is 6.92 Å². The lowest BCUT2D eigenvalue weighted by Crippen LogP contribution is -2.44. The second-order valence-corrected chi connectivity index (χ2v) is 1.67. The molecule has 0 saturated carbocycles. The van der Waals surface area contributed by atoms with Gasteiger partial charge in [-0.15, -0.1) is 0 Å². The first kappa shape index (κ1) is 7.84. The number of ether oxygens (including phenoxy) is 1. The van der Waals surface area contributed by atoms with Gasteiger partial charge in [0.05, 0.1) is 12.2 Å². The van der Waals surface area contributed by atoms with Crippen LogP contribution in [0.1, 0.15) is 6.92 Å². The Morgan fingerprint density at radius 3 is 1.88 bits per heavy atom. The predicted octanol–water partition coefficient (Wildman–Crippen LogP) is -2.02. The van der Waals surface area contributed by atoms with Crippen LogP contribution in [0.5, 0.6) is 0 Å². The third-order valence-electron chi connectivity index (χ3n) is 1.03. The van der Waals surface area contributed by atoms with Crippen molar-refractivity contribution < 1.29 is 14.9 Å². The number of epoxide rings is 1.